The summed E-state index contributed by atoms with van der Waals surface area (Å²) in [4.78, 5) is 43.0. The first kappa shape index (κ1) is 35.8. The quantitative estimate of drug-likeness (QED) is 0.118. The van der Waals surface area contributed by atoms with Crippen molar-refractivity contribution in [3.63, 3.8) is 0 Å². The third-order valence-electron chi connectivity index (χ3n) is 10.4. The molecule has 0 spiro atoms. The smallest absolute Gasteiger partial charge is 0.197 e. The second-order valence-electron chi connectivity index (χ2n) is 15.4. The topological polar surface area (TPSA) is 75.6 Å². The first-order valence-corrected chi connectivity index (χ1v) is 18.7. The van der Waals surface area contributed by atoms with E-state index in [2.05, 4.69) is 102 Å². The number of hydrogen-bond acceptors (Lipinski definition) is 7. The molecule has 4 aromatic carbocycles. The molecule has 0 radical (unpaired) electrons. The Morgan fingerprint density at radius 1 is 0.585 bits per heavy atom. The molecule has 270 valence electrons. The number of carbonyl (C=O) groups excluding carboxylic acids is 2. The van der Waals surface area contributed by atoms with E-state index < -0.39 is 0 Å². The van der Waals surface area contributed by atoms with Crippen LogP contribution >= 0.6 is 0 Å². The van der Waals surface area contributed by atoms with Gasteiger partial charge < -0.3 is 4.74 Å². The van der Waals surface area contributed by atoms with Crippen molar-refractivity contribution in [3.8, 4) is 5.75 Å². The maximum Gasteiger partial charge on any atom is 0.197 e. The summed E-state index contributed by atoms with van der Waals surface area (Å²) in [7, 11) is 1.65. The van der Waals surface area contributed by atoms with Crippen molar-refractivity contribution in [2.24, 2.45) is 0 Å². The van der Waals surface area contributed by atoms with Crippen LogP contribution in [0, 0.1) is 6.92 Å². The van der Waals surface area contributed by atoms with Gasteiger partial charge in [-0.15, -0.1) is 0 Å². The Hall–Kier alpha value is -5.56. The number of carbonyl (C=O) groups is 2. The molecular formula is C46H48N4O3. The fourth-order valence-corrected chi connectivity index (χ4v) is 7.64. The standard InChI is InChI=1S/C46H48N4O3/c1-25(2)31-13-11-14-32(26(3)4)41(31)49-40(22-20-36-43(51)35-19-17-29(9)23-37(35)44(36)52)50(42-33(27(5)6)15-12-16-34(42)28(7)8)46-45(49)47-38-21-18-30(53-10)24-39(38)48-46/h11-28H,1-10H3/b36-20+,40-22-. The summed E-state index contributed by atoms with van der Waals surface area (Å²) in [6.07, 6.45) is 3.64. The van der Waals surface area contributed by atoms with Crippen molar-refractivity contribution in [3.05, 3.63) is 135 Å². The van der Waals surface area contributed by atoms with Gasteiger partial charge in [-0.2, -0.15) is 0 Å². The minimum Gasteiger partial charge on any atom is -0.497 e. The Kier molecular flexibility index (Phi) is 9.31. The number of ether oxygens (including phenoxy) is 1. The number of aryl methyl sites for hydroxylation is 1. The molecule has 0 saturated carbocycles. The summed E-state index contributed by atoms with van der Waals surface area (Å²) in [6.45, 7) is 19.6. The van der Waals surface area contributed by atoms with Gasteiger partial charge in [0.25, 0.3) is 0 Å². The van der Waals surface area contributed by atoms with E-state index in [0.29, 0.717) is 34.0 Å². The Bertz CT molecular complexity index is 2310. The number of Topliss-reactive ketones (excluding diaryl/α,β-unsaturated/α-hetero) is 2. The Balaban J connectivity index is 1.62. The van der Waals surface area contributed by atoms with Gasteiger partial charge in [-0.25, -0.2) is 9.97 Å². The van der Waals surface area contributed by atoms with Crippen LogP contribution in [0.2, 0.25) is 0 Å². The fourth-order valence-electron chi connectivity index (χ4n) is 7.64. The van der Waals surface area contributed by atoms with Crippen molar-refractivity contribution in [1.82, 2.24) is 9.97 Å². The number of rotatable bonds is 8. The summed E-state index contributed by atoms with van der Waals surface area (Å²) in [5.41, 5.74) is 10.1. The molecule has 7 rings (SSSR count). The third-order valence-corrected chi connectivity index (χ3v) is 10.4. The molecule has 53 heavy (non-hydrogen) atoms. The predicted octanol–water partition coefficient (Wildman–Crippen LogP) is 11.6. The van der Waals surface area contributed by atoms with Gasteiger partial charge in [-0.1, -0.05) is 109 Å². The number of anilines is 4. The van der Waals surface area contributed by atoms with E-state index in [4.69, 9.17) is 14.7 Å². The van der Waals surface area contributed by atoms with Crippen molar-refractivity contribution in [2.75, 3.05) is 16.9 Å². The van der Waals surface area contributed by atoms with Gasteiger partial charge in [0.05, 0.1) is 35.1 Å². The van der Waals surface area contributed by atoms with E-state index in [1.165, 1.54) is 0 Å². The zero-order valence-electron chi connectivity index (χ0n) is 32.4. The van der Waals surface area contributed by atoms with Gasteiger partial charge in [-0.3, -0.25) is 19.4 Å². The normalized spacial score (nSPS) is 15.7. The Morgan fingerprint density at radius 2 is 1.08 bits per heavy atom. The van der Waals surface area contributed by atoms with Crippen LogP contribution in [0.1, 0.15) is 128 Å². The molecule has 0 N–H and O–H groups in total. The van der Waals surface area contributed by atoms with Crippen molar-refractivity contribution < 1.29 is 14.3 Å². The minimum absolute atomic E-state index is 0.146. The second-order valence-corrected chi connectivity index (χ2v) is 15.4. The first-order valence-electron chi connectivity index (χ1n) is 18.7. The predicted molar refractivity (Wildman–Crippen MR) is 216 cm³/mol. The summed E-state index contributed by atoms with van der Waals surface area (Å²) >= 11 is 0. The van der Waals surface area contributed by atoms with Gasteiger partial charge in [-0.05, 0) is 83.2 Å². The molecule has 0 atom stereocenters. The van der Waals surface area contributed by atoms with Crippen LogP contribution < -0.4 is 14.5 Å². The van der Waals surface area contributed by atoms with Gasteiger partial charge in [0.2, 0.25) is 0 Å². The molecule has 7 nitrogen and oxygen atoms in total. The number of nitrogens with zero attached hydrogens (tertiary/aromatic N) is 4. The van der Waals surface area contributed by atoms with Gasteiger partial charge >= 0.3 is 0 Å². The molecule has 0 saturated heterocycles. The van der Waals surface area contributed by atoms with Crippen molar-refractivity contribution in [1.29, 1.82) is 0 Å². The zero-order valence-corrected chi connectivity index (χ0v) is 32.4. The number of ketones is 2. The van der Waals surface area contributed by atoms with Crippen LogP contribution in [0.5, 0.6) is 5.75 Å². The molecule has 5 aromatic rings. The largest absolute Gasteiger partial charge is 0.497 e. The highest BCUT2D eigenvalue weighted by Crippen LogP contribution is 2.54. The highest BCUT2D eigenvalue weighted by molar-refractivity contribution is 6.39. The van der Waals surface area contributed by atoms with Crippen LogP contribution in [-0.2, 0) is 0 Å². The summed E-state index contributed by atoms with van der Waals surface area (Å²) in [5.74, 6) is 2.99. The fraction of sp³-hybridized carbons (Fsp3) is 0.304. The molecule has 7 heteroatoms. The highest BCUT2D eigenvalue weighted by Gasteiger charge is 2.41. The maximum absolute atomic E-state index is 13.9. The van der Waals surface area contributed by atoms with Crippen LogP contribution in [0.15, 0.2) is 96.3 Å². The molecular weight excluding hydrogens is 657 g/mol. The molecule has 0 amide bonds. The first-order chi connectivity index (χ1) is 25.3. The average molecular weight is 705 g/mol. The van der Waals surface area contributed by atoms with Crippen LogP contribution in [0.25, 0.3) is 11.0 Å². The molecule has 1 aliphatic carbocycles. The lowest BCUT2D eigenvalue weighted by Crippen LogP contribution is -2.26. The SMILES string of the molecule is COc1ccc2nc3c(nc2c1)N(c1c(C(C)C)cccc1C(C)C)/C(=C\C=C1/C(=O)c2ccc(C)cc2C1=O)N3c1c(C(C)C)cccc1C(C)C. The van der Waals surface area contributed by atoms with E-state index in [1.54, 1.807) is 19.3 Å². The lowest BCUT2D eigenvalue weighted by molar-refractivity contribution is 0.0988. The van der Waals surface area contributed by atoms with Gasteiger partial charge in [0.1, 0.15) is 11.6 Å². The highest BCUT2D eigenvalue weighted by atomic mass is 16.5. The molecule has 2 aliphatic rings. The molecule has 0 unspecified atom stereocenters. The molecule has 0 fully saturated rings. The lowest BCUT2D eigenvalue weighted by atomic mass is 9.91. The number of methoxy groups -OCH3 is 1. The van der Waals surface area contributed by atoms with Gasteiger partial charge in [0, 0.05) is 17.2 Å². The number of allylic oxidation sites excluding steroid dienone is 3. The number of hydrogen-bond donors (Lipinski definition) is 0. The third kappa shape index (κ3) is 6.02. The summed E-state index contributed by atoms with van der Waals surface area (Å²) < 4.78 is 5.62. The number of benzene rings is 4. The van der Waals surface area contributed by atoms with E-state index in [9.17, 15) is 9.59 Å². The number of fused-ring (bicyclic) bond motifs is 3. The molecule has 1 aliphatic heterocycles. The lowest BCUT2D eigenvalue weighted by Gasteiger charge is -2.32. The summed E-state index contributed by atoms with van der Waals surface area (Å²) in [5, 5.41) is 0. The molecule has 2 heterocycles. The van der Waals surface area contributed by atoms with E-state index >= 15 is 0 Å². The number of aromatic nitrogens is 2. The molecule has 0 bridgehead atoms. The maximum atomic E-state index is 13.9. The van der Waals surface area contributed by atoms with Crippen LogP contribution in [-0.4, -0.2) is 28.6 Å². The monoisotopic (exact) mass is 704 g/mol. The number of para-hydroxylation sites is 2. The Labute approximate surface area is 313 Å². The van der Waals surface area contributed by atoms with Crippen LogP contribution in [0.3, 0.4) is 0 Å². The van der Waals surface area contributed by atoms with Crippen LogP contribution in [0.4, 0.5) is 23.0 Å². The van der Waals surface area contributed by atoms with E-state index in [0.717, 1.165) is 50.5 Å². The average Bonchev–Trinajstić information content (AvgIpc) is 3.56. The van der Waals surface area contributed by atoms with Crippen molar-refractivity contribution >= 4 is 45.6 Å². The Morgan fingerprint density at radius 3 is 1.57 bits per heavy atom. The second kappa shape index (κ2) is 13.8. The minimum atomic E-state index is -0.263. The summed E-state index contributed by atoms with van der Waals surface area (Å²) in [6, 6.07) is 24.2. The zero-order chi connectivity index (χ0) is 37.9. The van der Waals surface area contributed by atoms with Gasteiger partial charge in [0.15, 0.2) is 23.2 Å². The van der Waals surface area contributed by atoms with Crippen molar-refractivity contribution in [2.45, 2.75) is 86.0 Å². The molecule has 1 aromatic heterocycles. The van der Waals surface area contributed by atoms with E-state index in [-0.39, 0.29) is 40.8 Å². The van der Waals surface area contributed by atoms with E-state index in [1.807, 2.05) is 43.3 Å².